The molecular weight excluding hydrogens is 170 g/mol. The molecule has 1 nitrogen and oxygen atoms in total. The SMILES string of the molecule is CC(C)(C)NC1[C]C2C=CC=CC2C1. The van der Waals surface area contributed by atoms with Crippen LogP contribution >= 0.6 is 0 Å². The molecule has 0 heterocycles. The number of hydrogen-bond donors (Lipinski definition) is 1. The Labute approximate surface area is 87.3 Å². The zero-order valence-corrected chi connectivity index (χ0v) is 9.25. The number of nitrogens with one attached hydrogen (secondary N) is 1. The molecule has 0 aliphatic heterocycles. The molecule has 0 aromatic carbocycles. The van der Waals surface area contributed by atoms with E-state index in [9.17, 15) is 0 Å². The molecule has 3 unspecified atom stereocenters. The lowest BCUT2D eigenvalue weighted by atomic mass is 9.92. The summed E-state index contributed by atoms with van der Waals surface area (Å²) in [6.07, 6.45) is 13.7. The first-order chi connectivity index (χ1) is 6.54. The summed E-state index contributed by atoms with van der Waals surface area (Å²) in [4.78, 5) is 0. The van der Waals surface area contributed by atoms with Gasteiger partial charge in [0.05, 0.1) is 0 Å². The number of allylic oxidation sites excluding steroid dienone is 4. The topological polar surface area (TPSA) is 12.0 Å². The van der Waals surface area contributed by atoms with E-state index in [0.29, 0.717) is 17.9 Å². The van der Waals surface area contributed by atoms with Crippen molar-refractivity contribution in [3.8, 4) is 0 Å². The highest BCUT2D eigenvalue weighted by Crippen LogP contribution is 2.35. The monoisotopic (exact) mass is 189 g/mol. The van der Waals surface area contributed by atoms with Gasteiger partial charge in [0.25, 0.3) is 0 Å². The van der Waals surface area contributed by atoms with E-state index in [4.69, 9.17) is 0 Å². The van der Waals surface area contributed by atoms with E-state index in [1.807, 2.05) is 0 Å². The molecule has 2 rings (SSSR count). The highest BCUT2D eigenvalue weighted by Gasteiger charge is 2.34. The largest absolute Gasteiger partial charge is 0.309 e. The van der Waals surface area contributed by atoms with Crippen LogP contribution in [0.1, 0.15) is 27.2 Å². The molecule has 76 valence electrons. The molecule has 1 saturated carbocycles. The van der Waals surface area contributed by atoms with Crippen LogP contribution in [0, 0.1) is 18.3 Å². The molecule has 2 aliphatic carbocycles. The van der Waals surface area contributed by atoms with Crippen molar-refractivity contribution in [2.45, 2.75) is 38.8 Å². The maximum atomic E-state index is 3.60. The summed E-state index contributed by atoms with van der Waals surface area (Å²) in [6.45, 7) is 6.63. The summed E-state index contributed by atoms with van der Waals surface area (Å²) in [7, 11) is 0. The van der Waals surface area contributed by atoms with Gasteiger partial charge in [-0.1, -0.05) is 24.3 Å². The van der Waals surface area contributed by atoms with Crippen molar-refractivity contribution in [3.63, 3.8) is 0 Å². The molecule has 3 atom stereocenters. The molecule has 1 N–H and O–H groups in total. The van der Waals surface area contributed by atoms with Crippen LogP contribution in [0.2, 0.25) is 0 Å². The van der Waals surface area contributed by atoms with Crippen LogP contribution in [-0.4, -0.2) is 11.6 Å². The number of hydrogen-bond acceptors (Lipinski definition) is 1. The van der Waals surface area contributed by atoms with Crippen molar-refractivity contribution in [1.82, 2.24) is 5.32 Å². The van der Waals surface area contributed by atoms with E-state index in [1.165, 1.54) is 6.42 Å². The highest BCUT2D eigenvalue weighted by atomic mass is 15.0. The Hall–Kier alpha value is -0.560. The highest BCUT2D eigenvalue weighted by molar-refractivity contribution is 5.22. The smallest absolute Gasteiger partial charge is 0.0153 e. The van der Waals surface area contributed by atoms with Crippen LogP contribution in [0.15, 0.2) is 24.3 Å². The quantitative estimate of drug-likeness (QED) is 0.668. The molecule has 14 heavy (non-hydrogen) atoms. The van der Waals surface area contributed by atoms with Crippen LogP contribution in [-0.2, 0) is 0 Å². The van der Waals surface area contributed by atoms with E-state index in [1.54, 1.807) is 0 Å². The molecule has 0 saturated heterocycles. The van der Waals surface area contributed by atoms with E-state index in [-0.39, 0.29) is 5.54 Å². The normalized spacial score (nSPS) is 36.1. The number of fused-ring (bicyclic) bond motifs is 1. The van der Waals surface area contributed by atoms with Gasteiger partial charge >= 0.3 is 0 Å². The minimum absolute atomic E-state index is 0.193. The summed E-state index contributed by atoms with van der Waals surface area (Å²) < 4.78 is 0. The molecule has 0 amide bonds. The fourth-order valence-electron chi connectivity index (χ4n) is 2.25. The molecule has 0 aromatic heterocycles. The fourth-order valence-corrected chi connectivity index (χ4v) is 2.25. The summed E-state index contributed by atoms with van der Waals surface area (Å²) in [5.74, 6) is 1.22. The van der Waals surface area contributed by atoms with Crippen LogP contribution in [0.4, 0.5) is 0 Å². The average molecular weight is 189 g/mol. The first-order valence-electron chi connectivity index (χ1n) is 5.43. The van der Waals surface area contributed by atoms with Gasteiger partial charge < -0.3 is 5.32 Å². The second kappa shape index (κ2) is 3.54. The Kier molecular flexibility index (Phi) is 2.52. The van der Waals surface area contributed by atoms with E-state index >= 15 is 0 Å². The predicted octanol–water partition coefficient (Wildman–Crippen LogP) is 2.59. The Morgan fingerprint density at radius 2 is 1.93 bits per heavy atom. The van der Waals surface area contributed by atoms with Crippen LogP contribution in [0.25, 0.3) is 0 Å². The maximum absolute atomic E-state index is 3.60. The van der Waals surface area contributed by atoms with Crippen molar-refractivity contribution in [3.05, 3.63) is 30.7 Å². The molecule has 1 fully saturated rings. The molecule has 0 bridgehead atoms. The Balaban J connectivity index is 1.94. The van der Waals surface area contributed by atoms with Crippen molar-refractivity contribution < 1.29 is 0 Å². The maximum Gasteiger partial charge on any atom is 0.0153 e. The van der Waals surface area contributed by atoms with E-state index in [2.05, 4.69) is 56.8 Å². The molecule has 0 aromatic rings. The predicted molar refractivity (Wildman–Crippen MR) is 59.8 cm³/mol. The van der Waals surface area contributed by atoms with Gasteiger partial charge in [0, 0.05) is 18.0 Å². The third kappa shape index (κ3) is 2.27. The lowest BCUT2D eigenvalue weighted by Gasteiger charge is -2.25. The van der Waals surface area contributed by atoms with Gasteiger partial charge in [-0.15, -0.1) is 0 Å². The minimum Gasteiger partial charge on any atom is -0.309 e. The van der Waals surface area contributed by atoms with Crippen molar-refractivity contribution in [2.75, 3.05) is 0 Å². The summed E-state index contributed by atoms with van der Waals surface area (Å²) in [5, 5.41) is 3.60. The summed E-state index contributed by atoms with van der Waals surface area (Å²) in [5.41, 5.74) is 0.193. The zero-order valence-electron chi connectivity index (χ0n) is 9.25. The second-order valence-corrected chi connectivity index (χ2v) is 5.31. The second-order valence-electron chi connectivity index (χ2n) is 5.31. The van der Waals surface area contributed by atoms with Crippen molar-refractivity contribution in [1.29, 1.82) is 0 Å². The van der Waals surface area contributed by atoms with Gasteiger partial charge in [-0.3, -0.25) is 0 Å². The van der Waals surface area contributed by atoms with Gasteiger partial charge in [-0.05, 0) is 39.0 Å². The van der Waals surface area contributed by atoms with Crippen LogP contribution in [0.5, 0.6) is 0 Å². The van der Waals surface area contributed by atoms with E-state index in [0.717, 1.165) is 0 Å². The lowest BCUT2D eigenvalue weighted by Crippen LogP contribution is -2.42. The van der Waals surface area contributed by atoms with Gasteiger partial charge in [-0.2, -0.15) is 0 Å². The third-order valence-electron chi connectivity index (χ3n) is 2.76. The Morgan fingerprint density at radius 3 is 2.57 bits per heavy atom. The van der Waals surface area contributed by atoms with Gasteiger partial charge in [0.2, 0.25) is 0 Å². The van der Waals surface area contributed by atoms with Gasteiger partial charge in [-0.25, -0.2) is 0 Å². The minimum atomic E-state index is 0.193. The number of rotatable bonds is 1. The molecule has 0 spiro atoms. The Bertz CT molecular complexity index is 237. The van der Waals surface area contributed by atoms with Crippen molar-refractivity contribution >= 4 is 0 Å². The molecule has 2 radical (unpaired) electrons. The van der Waals surface area contributed by atoms with Gasteiger partial charge in [0.1, 0.15) is 0 Å². The Morgan fingerprint density at radius 1 is 1.21 bits per heavy atom. The first kappa shape index (κ1) is 9.97. The van der Waals surface area contributed by atoms with Crippen LogP contribution in [0.3, 0.4) is 0 Å². The first-order valence-corrected chi connectivity index (χ1v) is 5.43. The van der Waals surface area contributed by atoms with Crippen LogP contribution < -0.4 is 5.32 Å². The summed E-state index contributed by atoms with van der Waals surface area (Å²) in [6, 6.07) is 0.456. The molecular formula is C13H19N. The summed E-state index contributed by atoms with van der Waals surface area (Å²) >= 11 is 0. The van der Waals surface area contributed by atoms with E-state index < -0.39 is 0 Å². The zero-order chi connectivity index (χ0) is 10.2. The third-order valence-corrected chi connectivity index (χ3v) is 2.76. The molecule has 1 heteroatoms. The average Bonchev–Trinajstić information content (AvgIpc) is 2.42. The van der Waals surface area contributed by atoms with Gasteiger partial charge in [0.15, 0.2) is 0 Å². The fraction of sp³-hybridized carbons (Fsp3) is 0.615. The lowest BCUT2D eigenvalue weighted by molar-refractivity contribution is 0.378. The van der Waals surface area contributed by atoms with Crippen molar-refractivity contribution in [2.24, 2.45) is 11.8 Å². The molecule has 2 aliphatic rings. The standard InChI is InChI=1S/C13H19N/c1-13(2,3)14-12-8-10-6-4-5-7-11(10)9-12/h4-7,10-12,14H,8H2,1-3H3.